The molecule has 1 heterocycles. The van der Waals surface area contributed by atoms with Crippen LogP contribution in [0.2, 0.25) is 0 Å². The first-order valence-electron chi connectivity index (χ1n) is 5.91. The number of hydrogen-bond donors (Lipinski definition) is 0. The Hall–Kier alpha value is -2.35. The van der Waals surface area contributed by atoms with Crippen molar-refractivity contribution in [1.29, 1.82) is 0 Å². The summed E-state index contributed by atoms with van der Waals surface area (Å²) in [7, 11) is 1.82. The number of hydrogen-bond acceptors (Lipinski definition) is 1. The molecule has 2 aromatic rings. The van der Waals surface area contributed by atoms with Crippen LogP contribution in [0.5, 0.6) is 0 Å². The highest BCUT2D eigenvalue weighted by atomic mass is 16.2. The quantitative estimate of drug-likeness (QED) is 0.685. The molecule has 0 N–H and O–H groups in total. The van der Waals surface area contributed by atoms with Gasteiger partial charge in [-0.25, -0.2) is 0 Å². The Labute approximate surface area is 106 Å². The number of carbonyl (C=O) groups is 1. The van der Waals surface area contributed by atoms with Crippen LogP contribution in [0.4, 0.5) is 5.69 Å². The molecule has 1 aliphatic rings. The number of benzene rings is 2. The molecule has 88 valence electrons. The summed E-state index contributed by atoms with van der Waals surface area (Å²) in [6.07, 6.45) is 4.05. The van der Waals surface area contributed by atoms with Gasteiger partial charge in [0.25, 0.3) is 5.91 Å². The second-order valence-electron chi connectivity index (χ2n) is 4.34. The van der Waals surface area contributed by atoms with Crippen LogP contribution in [0.3, 0.4) is 0 Å². The molecular formula is C16H13NO. The molecule has 1 aliphatic heterocycles. The zero-order valence-electron chi connectivity index (χ0n) is 10.1. The highest BCUT2D eigenvalue weighted by Crippen LogP contribution is 2.27. The molecule has 2 aromatic carbocycles. The molecule has 1 amide bonds. The number of anilines is 1. The molecule has 0 atom stereocenters. The van der Waals surface area contributed by atoms with Crippen LogP contribution in [0, 0.1) is 0 Å². The Morgan fingerprint density at radius 3 is 2.28 bits per heavy atom. The largest absolute Gasteiger partial charge is 0.311 e. The molecule has 0 unspecified atom stereocenters. The average Bonchev–Trinajstić information content (AvgIpc) is 2.43. The average molecular weight is 235 g/mol. The molecule has 0 bridgehead atoms. The number of amides is 1. The van der Waals surface area contributed by atoms with Gasteiger partial charge in [0.15, 0.2) is 0 Å². The summed E-state index contributed by atoms with van der Waals surface area (Å²) in [5, 5.41) is 0. The predicted molar refractivity (Wildman–Crippen MR) is 74.5 cm³/mol. The lowest BCUT2D eigenvalue weighted by atomic mass is 10.0. The van der Waals surface area contributed by atoms with Crippen molar-refractivity contribution in [2.24, 2.45) is 0 Å². The number of nitrogens with zero attached hydrogens (tertiary/aromatic N) is 1. The van der Waals surface area contributed by atoms with Crippen molar-refractivity contribution in [3.05, 3.63) is 65.2 Å². The maximum absolute atomic E-state index is 12.4. The van der Waals surface area contributed by atoms with Crippen LogP contribution in [0.15, 0.2) is 48.5 Å². The summed E-state index contributed by atoms with van der Waals surface area (Å²) < 4.78 is 0. The molecule has 0 radical (unpaired) electrons. The third kappa shape index (κ3) is 1.63. The molecule has 0 aliphatic carbocycles. The number of fused-ring (bicyclic) bond motifs is 2. The fourth-order valence-corrected chi connectivity index (χ4v) is 2.24. The smallest absolute Gasteiger partial charge is 0.258 e. The van der Waals surface area contributed by atoms with E-state index in [-0.39, 0.29) is 5.91 Å². The van der Waals surface area contributed by atoms with E-state index < -0.39 is 0 Å². The third-order valence-corrected chi connectivity index (χ3v) is 3.24. The SMILES string of the molecule is CN1C(=O)c2ccccc2/C=C\c2ccccc21. The van der Waals surface area contributed by atoms with Gasteiger partial charge in [-0.3, -0.25) is 4.79 Å². The minimum Gasteiger partial charge on any atom is -0.311 e. The van der Waals surface area contributed by atoms with Crippen LogP contribution >= 0.6 is 0 Å². The Morgan fingerprint density at radius 2 is 1.44 bits per heavy atom. The normalized spacial score (nSPS) is 15.4. The molecule has 0 fully saturated rings. The molecule has 18 heavy (non-hydrogen) atoms. The lowest BCUT2D eigenvalue weighted by molar-refractivity contribution is 0.0992. The molecular weight excluding hydrogens is 222 g/mol. The lowest BCUT2D eigenvalue weighted by Crippen LogP contribution is -2.28. The highest BCUT2D eigenvalue weighted by Gasteiger charge is 2.19. The second-order valence-corrected chi connectivity index (χ2v) is 4.34. The number of para-hydroxylation sites is 1. The molecule has 3 rings (SSSR count). The fourth-order valence-electron chi connectivity index (χ4n) is 2.24. The minimum atomic E-state index is 0.0300. The lowest BCUT2D eigenvalue weighted by Gasteiger charge is -2.22. The van der Waals surface area contributed by atoms with Crippen molar-refractivity contribution in [2.75, 3.05) is 11.9 Å². The van der Waals surface area contributed by atoms with E-state index in [9.17, 15) is 4.79 Å². The first-order valence-corrected chi connectivity index (χ1v) is 5.91. The van der Waals surface area contributed by atoms with Gasteiger partial charge in [-0.15, -0.1) is 0 Å². The van der Waals surface area contributed by atoms with Gasteiger partial charge in [-0.2, -0.15) is 0 Å². The van der Waals surface area contributed by atoms with Crippen LogP contribution in [0.1, 0.15) is 21.5 Å². The van der Waals surface area contributed by atoms with Crippen LogP contribution in [0.25, 0.3) is 12.2 Å². The first-order chi connectivity index (χ1) is 8.77. The van der Waals surface area contributed by atoms with Gasteiger partial charge in [0, 0.05) is 12.6 Å². The van der Waals surface area contributed by atoms with Gasteiger partial charge in [0.1, 0.15) is 0 Å². The first kappa shape index (κ1) is 10.8. The number of carbonyl (C=O) groups excluding carboxylic acids is 1. The summed E-state index contributed by atoms with van der Waals surface area (Å²) in [6.45, 7) is 0. The minimum absolute atomic E-state index is 0.0300. The number of rotatable bonds is 0. The van der Waals surface area contributed by atoms with E-state index in [0.29, 0.717) is 0 Å². The molecule has 2 nitrogen and oxygen atoms in total. The van der Waals surface area contributed by atoms with E-state index in [1.54, 1.807) is 4.90 Å². The van der Waals surface area contributed by atoms with Crippen molar-refractivity contribution in [3.8, 4) is 0 Å². The second kappa shape index (κ2) is 4.15. The third-order valence-electron chi connectivity index (χ3n) is 3.24. The van der Waals surface area contributed by atoms with E-state index in [4.69, 9.17) is 0 Å². The molecule has 0 saturated carbocycles. The standard InChI is InChI=1S/C16H13NO/c1-17-15-9-5-3-7-13(15)11-10-12-6-2-4-8-14(12)16(17)18/h2-11H,1H3/b11-10-. The van der Waals surface area contributed by atoms with Crippen molar-refractivity contribution in [3.63, 3.8) is 0 Å². The van der Waals surface area contributed by atoms with Crippen molar-refractivity contribution in [2.45, 2.75) is 0 Å². The summed E-state index contributed by atoms with van der Waals surface area (Å²) in [5.41, 5.74) is 3.70. The fraction of sp³-hybridized carbons (Fsp3) is 0.0625. The summed E-state index contributed by atoms with van der Waals surface area (Å²) in [5.74, 6) is 0.0300. The Balaban J connectivity index is 2.25. The molecule has 0 aromatic heterocycles. The zero-order chi connectivity index (χ0) is 12.5. The van der Waals surface area contributed by atoms with Crippen molar-refractivity contribution >= 4 is 23.7 Å². The molecule has 0 spiro atoms. The monoisotopic (exact) mass is 235 g/mol. The maximum atomic E-state index is 12.4. The summed E-state index contributed by atoms with van der Waals surface area (Å²) in [6, 6.07) is 15.6. The van der Waals surface area contributed by atoms with E-state index >= 15 is 0 Å². The van der Waals surface area contributed by atoms with Crippen molar-refractivity contribution < 1.29 is 4.79 Å². The van der Waals surface area contributed by atoms with E-state index in [0.717, 1.165) is 22.4 Å². The van der Waals surface area contributed by atoms with E-state index in [1.165, 1.54) is 0 Å². The van der Waals surface area contributed by atoms with Gasteiger partial charge in [0.2, 0.25) is 0 Å². The zero-order valence-corrected chi connectivity index (χ0v) is 10.1. The van der Waals surface area contributed by atoms with Crippen LogP contribution in [-0.2, 0) is 0 Å². The molecule has 2 heteroatoms. The van der Waals surface area contributed by atoms with Crippen LogP contribution in [-0.4, -0.2) is 13.0 Å². The van der Waals surface area contributed by atoms with Gasteiger partial charge in [-0.05, 0) is 23.3 Å². The summed E-state index contributed by atoms with van der Waals surface area (Å²) in [4.78, 5) is 14.2. The van der Waals surface area contributed by atoms with E-state index in [2.05, 4.69) is 6.08 Å². The molecule has 0 saturated heterocycles. The van der Waals surface area contributed by atoms with Gasteiger partial charge in [0.05, 0.1) is 5.69 Å². The van der Waals surface area contributed by atoms with Crippen LogP contribution < -0.4 is 4.90 Å². The van der Waals surface area contributed by atoms with Gasteiger partial charge >= 0.3 is 0 Å². The topological polar surface area (TPSA) is 20.3 Å². The van der Waals surface area contributed by atoms with Crippen molar-refractivity contribution in [1.82, 2.24) is 0 Å². The Morgan fingerprint density at radius 1 is 0.833 bits per heavy atom. The highest BCUT2D eigenvalue weighted by molar-refractivity contribution is 6.10. The van der Waals surface area contributed by atoms with Gasteiger partial charge in [-0.1, -0.05) is 48.6 Å². The maximum Gasteiger partial charge on any atom is 0.258 e. The predicted octanol–water partition coefficient (Wildman–Crippen LogP) is 3.45. The van der Waals surface area contributed by atoms with Gasteiger partial charge < -0.3 is 4.90 Å². The Kier molecular flexibility index (Phi) is 2.49. The summed E-state index contributed by atoms with van der Waals surface area (Å²) >= 11 is 0. The van der Waals surface area contributed by atoms with E-state index in [1.807, 2.05) is 61.7 Å². The Bertz CT molecular complexity index is 643.